The predicted molar refractivity (Wildman–Crippen MR) is 75.4 cm³/mol. The highest BCUT2D eigenvalue weighted by Gasteiger charge is 2.09. The summed E-state index contributed by atoms with van der Waals surface area (Å²) in [4.78, 5) is 11.9. The van der Waals surface area contributed by atoms with Gasteiger partial charge >= 0.3 is 0 Å². The van der Waals surface area contributed by atoms with E-state index >= 15 is 0 Å². The number of carbonyl (C=O) groups is 1. The SMILES string of the molecule is Nc1cnn(CCNC(=O)c2ccc(Cl)cc2Cl)c1. The van der Waals surface area contributed by atoms with Crippen LogP contribution in [0.3, 0.4) is 0 Å². The van der Waals surface area contributed by atoms with Crippen LogP contribution in [0, 0.1) is 0 Å². The summed E-state index contributed by atoms with van der Waals surface area (Å²) in [7, 11) is 0. The van der Waals surface area contributed by atoms with E-state index in [4.69, 9.17) is 28.9 Å². The van der Waals surface area contributed by atoms with E-state index in [0.717, 1.165) is 0 Å². The molecule has 7 heteroatoms. The maximum atomic E-state index is 11.9. The van der Waals surface area contributed by atoms with Crippen molar-refractivity contribution in [2.75, 3.05) is 12.3 Å². The standard InChI is InChI=1S/C12H12Cl2N4O/c13-8-1-2-10(11(14)5-8)12(19)16-3-4-18-7-9(15)6-17-18/h1-2,5-7H,3-4,15H2,(H,16,19). The van der Waals surface area contributed by atoms with Crippen LogP contribution in [0.2, 0.25) is 10.0 Å². The number of halogens is 2. The van der Waals surface area contributed by atoms with Gasteiger partial charge in [-0.05, 0) is 18.2 Å². The van der Waals surface area contributed by atoms with Crippen LogP contribution in [0.5, 0.6) is 0 Å². The number of nitrogens with one attached hydrogen (secondary N) is 1. The number of amides is 1. The van der Waals surface area contributed by atoms with Gasteiger partial charge in [-0.2, -0.15) is 5.10 Å². The van der Waals surface area contributed by atoms with Gasteiger partial charge in [0, 0.05) is 17.8 Å². The number of hydrogen-bond acceptors (Lipinski definition) is 3. The van der Waals surface area contributed by atoms with Gasteiger partial charge in [-0.25, -0.2) is 0 Å². The Morgan fingerprint density at radius 1 is 1.42 bits per heavy atom. The van der Waals surface area contributed by atoms with Crippen molar-refractivity contribution >= 4 is 34.8 Å². The molecule has 0 saturated heterocycles. The molecule has 5 nitrogen and oxygen atoms in total. The molecule has 0 aliphatic carbocycles. The number of nitrogens with two attached hydrogens (primary N) is 1. The highest BCUT2D eigenvalue weighted by Crippen LogP contribution is 2.20. The lowest BCUT2D eigenvalue weighted by Crippen LogP contribution is -2.27. The Morgan fingerprint density at radius 3 is 2.84 bits per heavy atom. The third kappa shape index (κ3) is 3.62. The molecule has 2 rings (SSSR count). The maximum absolute atomic E-state index is 11.9. The highest BCUT2D eigenvalue weighted by molar-refractivity contribution is 6.36. The summed E-state index contributed by atoms with van der Waals surface area (Å²) in [5.41, 5.74) is 6.52. The zero-order valence-corrected chi connectivity index (χ0v) is 11.4. The van der Waals surface area contributed by atoms with Gasteiger partial charge in [-0.3, -0.25) is 9.48 Å². The summed E-state index contributed by atoms with van der Waals surface area (Å²) in [6.07, 6.45) is 3.25. The molecule has 0 atom stereocenters. The van der Waals surface area contributed by atoms with Crippen molar-refractivity contribution in [3.8, 4) is 0 Å². The zero-order chi connectivity index (χ0) is 13.8. The number of carbonyl (C=O) groups excluding carboxylic acids is 1. The first-order valence-corrected chi connectivity index (χ1v) is 6.33. The predicted octanol–water partition coefficient (Wildman–Crippen LogP) is 2.20. The van der Waals surface area contributed by atoms with E-state index in [1.807, 2.05) is 0 Å². The van der Waals surface area contributed by atoms with Crippen LogP contribution >= 0.6 is 23.2 Å². The molecule has 100 valence electrons. The fraction of sp³-hybridized carbons (Fsp3) is 0.167. The topological polar surface area (TPSA) is 72.9 Å². The number of hydrogen-bond donors (Lipinski definition) is 2. The Morgan fingerprint density at radius 2 is 2.21 bits per heavy atom. The van der Waals surface area contributed by atoms with Gasteiger partial charge in [-0.1, -0.05) is 23.2 Å². The van der Waals surface area contributed by atoms with Crippen LogP contribution < -0.4 is 11.1 Å². The summed E-state index contributed by atoms with van der Waals surface area (Å²) in [5.74, 6) is -0.248. The molecule has 2 aromatic rings. The van der Waals surface area contributed by atoms with Gasteiger partial charge < -0.3 is 11.1 Å². The first-order chi connectivity index (χ1) is 9.06. The Kier molecular flexibility index (Phi) is 4.29. The monoisotopic (exact) mass is 298 g/mol. The third-order valence-corrected chi connectivity index (χ3v) is 3.00. The molecule has 0 aliphatic heterocycles. The van der Waals surface area contributed by atoms with Crippen molar-refractivity contribution in [3.63, 3.8) is 0 Å². The fourth-order valence-electron chi connectivity index (χ4n) is 1.55. The molecule has 1 aromatic heterocycles. The summed E-state index contributed by atoms with van der Waals surface area (Å²) < 4.78 is 1.65. The average molecular weight is 299 g/mol. The molecule has 1 heterocycles. The first-order valence-electron chi connectivity index (χ1n) is 5.57. The lowest BCUT2D eigenvalue weighted by atomic mass is 10.2. The maximum Gasteiger partial charge on any atom is 0.252 e. The number of benzene rings is 1. The molecule has 0 saturated carbocycles. The number of rotatable bonds is 4. The van der Waals surface area contributed by atoms with Crippen LogP contribution in [0.15, 0.2) is 30.6 Å². The summed E-state index contributed by atoms with van der Waals surface area (Å²) in [5, 5.41) is 7.58. The summed E-state index contributed by atoms with van der Waals surface area (Å²) in [6, 6.07) is 4.74. The van der Waals surface area contributed by atoms with Gasteiger partial charge in [0.1, 0.15) is 0 Å². The molecule has 19 heavy (non-hydrogen) atoms. The Labute approximate surface area is 120 Å². The molecule has 1 aromatic carbocycles. The largest absolute Gasteiger partial charge is 0.396 e. The second kappa shape index (κ2) is 5.95. The van der Waals surface area contributed by atoms with Gasteiger partial charge in [-0.15, -0.1) is 0 Å². The smallest absolute Gasteiger partial charge is 0.252 e. The van der Waals surface area contributed by atoms with E-state index in [-0.39, 0.29) is 5.91 Å². The van der Waals surface area contributed by atoms with E-state index in [1.54, 1.807) is 29.2 Å². The molecule has 0 bridgehead atoms. The van der Waals surface area contributed by atoms with Gasteiger partial charge in [0.05, 0.1) is 29.0 Å². The number of anilines is 1. The molecule has 0 unspecified atom stereocenters. The van der Waals surface area contributed by atoms with Crippen LogP contribution in [0.4, 0.5) is 5.69 Å². The molecular weight excluding hydrogens is 287 g/mol. The van der Waals surface area contributed by atoms with E-state index in [9.17, 15) is 4.79 Å². The quantitative estimate of drug-likeness (QED) is 0.909. The Hall–Kier alpha value is -1.72. The summed E-state index contributed by atoms with van der Waals surface area (Å²) >= 11 is 11.7. The average Bonchev–Trinajstić information content (AvgIpc) is 2.75. The molecule has 0 radical (unpaired) electrons. The second-order valence-corrected chi connectivity index (χ2v) is 4.76. The highest BCUT2D eigenvalue weighted by atomic mass is 35.5. The molecular formula is C12H12Cl2N4O. The summed E-state index contributed by atoms with van der Waals surface area (Å²) in [6.45, 7) is 0.965. The second-order valence-electron chi connectivity index (χ2n) is 3.92. The lowest BCUT2D eigenvalue weighted by molar-refractivity contribution is 0.0952. The van der Waals surface area contributed by atoms with Crippen LogP contribution in [0.25, 0.3) is 0 Å². The van der Waals surface area contributed by atoms with Crippen molar-refractivity contribution in [1.29, 1.82) is 0 Å². The number of aromatic nitrogens is 2. The molecule has 0 fully saturated rings. The fourth-order valence-corrected chi connectivity index (χ4v) is 2.05. The van der Waals surface area contributed by atoms with Crippen LogP contribution in [-0.2, 0) is 6.54 Å². The van der Waals surface area contributed by atoms with E-state index in [0.29, 0.717) is 34.4 Å². The van der Waals surface area contributed by atoms with Crippen molar-refractivity contribution in [1.82, 2.24) is 15.1 Å². The van der Waals surface area contributed by atoms with Gasteiger partial charge in [0.2, 0.25) is 0 Å². The van der Waals surface area contributed by atoms with E-state index in [1.165, 1.54) is 6.07 Å². The minimum Gasteiger partial charge on any atom is -0.396 e. The number of nitrogens with zero attached hydrogens (tertiary/aromatic N) is 2. The molecule has 3 N–H and O–H groups in total. The van der Waals surface area contributed by atoms with Crippen LogP contribution in [-0.4, -0.2) is 22.2 Å². The zero-order valence-electron chi connectivity index (χ0n) is 9.94. The minimum absolute atomic E-state index is 0.248. The van der Waals surface area contributed by atoms with Crippen molar-refractivity contribution in [2.24, 2.45) is 0 Å². The molecule has 1 amide bonds. The van der Waals surface area contributed by atoms with E-state index in [2.05, 4.69) is 10.4 Å². The normalized spacial score (nSPS) is 10.4. The van der Waals surface area contributed by atoms with Gasteiger partial charge in [0.15, 0.2) is 0 Å². The van der Waals surface area contributed by atoms with Crippen molar-refractivity contribution in [2.45, 2.75) is 6.54 Å². The molecule has 0 aliphatic rings. The van der Waals surface area contributed by atoms with Crippen molar-refractivity contribution in [3.05, 3.63) is 46.2 Å². The van der Waals surface area contributed by atoms with Crippen molar-refractivity contribution < 1.29 is 4.79 Å². The Balaban J connectivity index is 1.90. The lowest BCUT2D eigenvalue weighted by Gasteiger charge is -2.07. The Bertz CT molecular complexity index is 597. The first kappa shape index (κ1) is 13.7. The van der Waals surface area contributed by atoms with Gasteiger partial charge in [0.25, 0.3) is 5.91 Å². The minimum atomic E-state index is -0.248. The van der Waals surface area contributed by atoms with E-state index < -0.39 is 0 Å². The number of nitrogen functional groups attached to an aromatic ring is 1. The third-order valence-electron chi connectivity index (χ3n) is 2.46. The molecule has 0 spiro atoms. The van der Waals surface area contributed by atoms with Crippen LogP contribution in [0.1, 0.15) is 10.4 Å².